The molecule has 0 aromatic carbocycles. The van der Waals surface area contributed by atoms with Crippen molar-refractivity contribution in [3.05, 3.63) is 24.3 Å². The number of hydrogen-bond acceptors (Lipinski definition) is 2. The maximum absolute atomic E-state index is 11.8. The Bertz CT molecular complexity index is 579. The maximum Gasteiger partial charge on any atom is 0.362 e. The predicted molar refractivity (Wildman–Crippen MR) is 147 cm³/mol. The Kier molecular flexibility index (Phi) is 19.4. The summed E-state index contributed by atoms with van der Waals surface area (Å²) in [6.07, 6.45) is 29.8. The van der Waals surface area contributed by atoms with Crippen LogP contribution in [0, 0.1) is 0 Å². The van der Waals surface area contributed by atoms with E-state index < -0.39 is 12.9 Å². The Morgan fingerprint density at radius 2 is 1.00 bits per heavy atom. The Balaban J connectivity index is 3.59. The molecule has 0 aromatic heterocycles. The van der Waals surface area contributed by atoms with Crippen molar-refractivity contribution in [2.75, 3.05) is 27.7 Å². The molecule has 0 saturated heterocycles. The summed E-state index contributed by atoms with van der Waals surface area (Å²) in [5.74, 6) is 0. The molecular weight excluding hydrogens is 445 g/mol. The molecule has 5 nitrogen and oxygen atoms in total. The van der Waals surface area contributed by atoms with Gasteiger partial charge < -0.3 is 19.4 Å². The number of nitrogens with zero attached hydrogens (tertiary/aromatic N) is 1. The van der Waals surface area contributed by atoms with Gasteiger partial charge in [-0.25, -0.2) is 0 Å². The highest BCUT2D eigenvalue weighted by molar-refractivity contribution is 7.53. The van der Waals surface area contributed by atoms with E-state index in [2.05, 4.69) is 31.2 Å². The van der Waals surface area contributed by atoms with Gasteiger partial charge in [0, 0.05) is 0 Å². The normalized spacial score (nSPS) is 14.9. The third kappa shape index (κ3) is 19.8. The summed E-state index contributed by atoms with van der Waals surface area (Å²) < 4.78 is 12.1. The van der Waals surface area contributed by atoms with Gasteiger partial charge in [-0.1, -0.05) is 89.0 Å². The molecule has 1 unspecified atom stereocenters. The van der Waals surface area contributed by atoms with E-state index in [4.69, 9.17) is 0 Å². The van der Waals surface area contributed by atoms with Crippen LogP contribution in [-0.2, 0) is 4.57 Å². The minimum atomic E-state index is -4.55. The van der Waals surface area contributed by atoms with E-state index in [0.29, 0.717) is 10.9 Å². The standard InChI is InChI=1S/C28H56NO4P/c1-5-6-7-8-9-10-11-12-13-14-15-16-17-18-19-20-21-22-23-24-25-26-28(30,34(31,32)33)27-29(2,3)4/h8-9,18-19,30H,5-7,10-17,20-27H2,1-4H3,(H-,31,32,33)/p+1/b9-8-,19-18-. The van der Waals surface area contributed by atoms with Crippen LogP contribution in [0.5, 0.6) is 0 Å². The van der Waals surface area contributed by atoms with Crippen LogP contribution in [0.4, 0.5) is 0 Å². The van der Waals surface area contributed by atoms with E-state index >= 15 is 0 Å². The van der Waals surface area contributed by atoms with Gasteiger partial charge in [-0.05, 0) is 57.8 Å². The lowest BCUT2D eigenvalue weighted by Gasteiger charge is -2.35. The van der Waals surface area contributed by atoms with E-state index in [1.165, 1.54) is 70.6 Å². The van der Waals surface area contributed by atoms with Gasteiger partial charge in [0.05, 0.1) is 21.1 Å². The number of likely N-dealkylation sites (N-methyl/N-ethyl adjacent to an activating group) is 1. The molecule has 0 rings (SSSR count). The fraction of sp³-hybridized carbons (Fsp3) is 0.857. The highest BCUT2D eigenvalue weighted by Crippen LogP contribution is 2.52. The molecule has 0 saturated carbocycles. The molecule has 0 amide bonds. The Morgan fingerprint density at radius 3 is 1.35 bits per heavy atom. The molecule has 0 fully saturated rings. The fourth-order valence-electron chi connectivity index (χ4n) is 4.30. The first kappa shape index (κ1) is 33.5. The second-order valence-electron chi connectivity index (χ2n) is 11.1. The van der Waals surface area contributed by atoms with Crippen molar-refractivity contribution in [2.45, 2.75) is 128 Å². The summed E-state index contributed by atoms with van der Waals surface area (Å²) >= 11 is 0. The van der Waals surface area contributed by atoms with Crippen molar-refractivity contribution in [3.8, 4) is 0 Å². The highest BCUT2D eigenvalue weighted by atomic mass is 31.2. The van der Waals surface area contributed by atoms with Crippen molar-refractivity contribution >= 4 is 7.60 Å². The highest BCUT2D eigenvalue weighted by Gasteiger charge is 2.48. The van der Waals surface area contributed by atoms with Crippen LogP contribution >= 0.6 is 7.60 Å². The lowest BCUT2D eigenvalue weighted by Crippen LogP contribution is -2.49. The van der Waals surface area contributed by atoms with E-state index in [-0.39, 0.29) is 13.0 Å². The SMILES string of the molecule is CCCC/C=C\CCCCCCCC/C=C\CCCCCCCC(O)(C[N+](C)(C)C)P(=O)(O)O. The predicted octanol–water partition coefficient (Wildman–Crippen LogP) is 7.71. The van der Waals surface area contributed by atoms with Crippen molar-refractivity contribution in [1.82, 2.24) is 0 Å². The number of rotatable bonds is 23. The lowest BCUT2D eigenvalue weighted by molar-refractivity contribution is -0.875. The number of unbranched alkanes of at least 4 members (excludes halogenated alkanes) is 14. The molecule has 34 heavy (non-hydrogen) atoms. The molecule has 6 heteroatoms. The molecule has 0 bridgehead atoms. The fourth-order valence-corrected chi connectivity index (χ4v) is 5.36. The topological polar surface area (TPSA) is 77.8 Å². The van der Waals surface area contributed by atoms with Gasteiger partial charge in [0.25, 0.3) is 0 Å². The summed E-state index contributed by atoms with van der Waals surface area (Å²) in [6.45, 7) is 2.30. The summed E-state index contributed by atoms with van der Waals surface area (Å²) in [5.41, 5.74) is 0. The van der Waals surface area contributed by atoms with Gasteiger partial charge in [0.1, 0.15) is 6.54 Å². The first-order chi connectivity index (χ1) is 16.0. The zero-order chi connectivity index (χ0) is 25.8. The summed E-state index contributed by atoms with van der Waals surface area (Å²) in [7, 11) is 0.961. The second-order valence-corrected chi connectivity index (χ2v) is 13.0. The van der Waals surface area contributed by atoms with E-state index in [0.717, 1.165) is 32.1 Å². The third-order valence-electron chi connectivity index (χ3n) is 6.27. The first-order valence-corrected chi connectivity index (χ1v) is 15.5. The Hall–Kier alpha value is -0.450. The summed E-state index contributed by atoms with van der Waals surface area (Å²) in [6, 6.07) is 0. The number of hydrogen-bond donors (Lipinski definition) is 3. The van der Waals surface area contributed by atoms with E-state index in [9.17, 15) is 19.5 Å². The molecule has 0 aliphatic rings. The van der Waals surface area contributed by atoms with E-state index in [1.54, 1.807) is 0 Å². The molecule has 0 heterocycles. The minimum absolute atomic E-state index is 0.0544. The monoisotopic (exact) mass is 502 g/mol. The van der Waals surface area contributed by atoms with Crippen LogP contribution in [-0.4, -0.2) is 52.4 Å². The minimum Gasteiger partial charge on any atom is -0.373 e. The number of aliphatic hydroxyl groups is 1. The van der Waals surface area contributed by atoms with Gasteiger partial charge in [0.15, 0.2) is 0 Å². The summed E-state index contributed by atoms with van der Waals surface area (Å²) in [4.78, 5) is 19.2. The van der Waals surface area contributed by atoms with Gasteiger partial charge in [-0.2, -0.15) is 0 Å². The van der Waals surface area contributed by atoms with Crippen LogP contribution < -0.4 is 0 Å². The van der Waals surface area contributed by atoms with Crippen molar-refractivity contribution in [3.63, 3.8) is 0 Å². The van der Waals surface area contributed by atoms with Gasteiger partial charge >= 0.3 is 7.60 Å². The molecule has 0 aliphatic heterocycles. The van der Waals surface area contributed by atoms with E-state index in [1.807, 2.05) is 21.1 Å². The molecule has 3 N–H and O–H groups in total. The van der Waals surface area contributed by atoms with Crippen LogP contribution in [0.1, 0.15) is 122 Å². The number of allylic oxidation sites excluding steroid dienone is 4. The maximum atomic E-state index is 11.8. The lowest BCUT2D eigenvalue weighted by atomic mass is 10.1. The average molecular weight is 503 g/mol. The van der Waals surface area contributed by atoms with Crippen molar-refractivity contribution in [1.29, 1.82) is 0 Å². The molecule has 1 atom stereocenters. The quantitative estimate of drug-likeness (QED) is 0.0578. The van der Waals surface area contributed by atoms with Gasteiger partial charge in [-0.3, -0.25) is 4.57 Å². The molecule has 0 radical (unpaired) electrons. The zero-order valence-electron chi connectivity index (χ0n) is 22.9. The number of quaternary nitrogens is 1. The Labute approximate surface area is 211 Å². The zero-order valence-corrected chi connectivity index (χ0v) is 23.8. The van der Waals surface area contributed by atoms with Crippen LogP contribution in [0.2, 0.25) is 0 Å². The van der Waals surface area contributed by atoms with Crippen LogP contribution in [0.3, 0.4) is 0 Å². The molecule has 202 valence electrons. The molecule has 0 aromatic rings. The van der Waals surface area contributed by atoms with Crippen LogP contribution in [0.15, 0.2) is 24.3 Å². The van der Waals surface area contributed by atoms with Crippen molar-refractivity contribution in [2.24, 2.45) is 0 Å². The van der Waals surface area contributed by atoms with Gasteiger partial charge in [-0.15, -0.1) is 0 Å². The summed E-state index contributed by atoms with van der Waals surface area (Å²) in [5, 5.41) is 8.63. The Morgan fingerprint density at radius 1 is 0.647 bits per heavy atom. The first-order valence-electron chi connectivity index (χ1n) is 13.9. The smallest absolute Gasteiger partial charge is 0.362 e. The van der Waals surface area contributed by atoms with Crippen LogP contribution in [0.25, 0.3) is 0 Å². The second kappa shape index (κ2) is 19.7. The average Bonchev–Trinajstić information content (AvgIpc) is 2.73. The van der Waals surface area contributed by atoms with Crippen molar-refractivity contribution < 1.29 is 23.9 Å². The largest absolute Gasteiger partial charge is 0.373 e. The molecule has 0 aliphatic carbocycles. The molecular formula is C28H57NO4P+. The molecule has 0 spiro atoms. The third-order valence-corrected chi connectivity index (χ3v) is 7.72. The van der Waals surface area contributed by atoms with Gasteiger partial charge in [0.2, 0.25) is 5.34 Å².